The van der Waals surface area contributed by atoms with Crippen LogP contribution >= 0.6 is 23.2 Å². The zero-order valence-corrected chi connectivity index (χ0v) is 15.4. The molecule has 0 aliphatic rings. The zero-order valence-electron chi connectivity index (χ0n) is 13.9. The molecule has 128 valence electrons. The molecule has 0 atom stereocenters. The number of benzene rings is 1. The molecule has 0 aliphatic carbocycles. The third kappa shape index (κ3) is 4.12. The van der Waals surface area contributed by atoms with E-state index in [2.05, 4.69) is 9.55 Å². The second-order valence-electron chi connectivity index (χ2n) is 5.89. The Morgan fingerprint density at radius 1 is 1.00 bits per heavy atom. The van der Waals surface area contributed by atoms with Crippen LogP contribution in [0, 0.1) is 6.92 Å². The van der Waals surface area contributed by atoms with Crippen LogP contribution in [0.5, 0.6) is 0 Å². The highest BCUT2D eigenvalue weighted by Gasteiger charge is 2.13. The molecule has 0 radical (unpaired) electrons. The van der Waals surface area contributed by atoms with Crippen molar-refractivity contribution in [1.82, 2.24) is 9.55 Å². The quantitative estimate of drug-likeness (QED) is 0.650. The minimum absolute atomic E-state index is 0.00238. The van der Waals surface area contributed by atoms with Crippen molar-refractivity contribution < 1.29 is 0 Å². The van der Waals surface area contributed by atoms with E-state index in [-0.39, 0.29) is 5.43 Å². The van der Waals surface area contributed by atoms with Crippen molar-refractivity contribution in [2.75, 3.05) is 0 Å². The minimum atomic E-state index is 0.00238. The number of halogens is 2. The van der Waals surface area contributed by atoms with Crippen molar-refractivity contribution in [1.29, 1.82) is 0 Å². The Morgan fingerprint density at radius 3 is 2.44 bits per heavy atom. The van der Waals surface area contributed by atoms with Gasteiger partial charge in [0, 0.05) is 64.8 Å². The Hall–Kier alpha value is -2.10. The Morgan fingerprint density at radius 2 is 1.76 bits per heavy atom. The molecule has 0 amide bonds. The fourth-order valence-electron chi connectivity index (χ4n) is 2.84. The van der Waals surface area contributed by atoms with Gasteiger partial charge in [-0.25, -0.2) is 0 Å². The number of aryl methyl sites for hydroxylation is 2. The van der Waals surface area contributed by atoms with Crippen molar-refractivity contribution in [3.63, 3.8) is 0 Å². The lowest BCUT2D eigenvalue weighted by molar-refractivity contribution is 0.654. The molecule has 0 aliphatic heterocycles. The van der Waals surface area contributed by atoms with Gasteiger partial charge in [0.05, 0.1) is 0 Å². The SMILES string of the molecule is Cc1c(Cc2c(Cl)cccc2Cl)c(=O)ccn1CCc1ccccn1. The number of hydrogen-bond acceptors (Lipinski definition) is 2. The molecule has 0 saturated carbocycles. The fraction of sp³-hybridized carbons (Fsp3) is 0.200. The molecule has 5 heteroatoms. The Bertz CT molecular complexity index is 916. The summed E-state index contributed by atoms with van der Waals surface area (Å²) in [6.45, 7) is 2.71. The van der Waals surface area contributed by atoms with Gasteiger partial charge in [0.15, 0.2) is 5.43 Å². The van der Waals surface area contributed by atoms with Gasteiger partial charge in [0.2, 0.25) is 0 Å². The highest BCUT2D eigenvalue weighted by molar-refractivity contribution is 6.36. The van der Waals surface area contributed by atoms with Crippen LogP contribution in [-0.4, -0.2) is 9.55 Å². The zero-order chi connectivity index (χ0) is 17.8. The summed E-state index contributed by atoms with van der Waals surface area (Å²) in [7, 11) is 0. The Labute approximate surface area is 156 Å². The lowest BCUT2D eigenvalue weighted by Gasteiger charge is -2.15. The maximum absolute atomic E-state index is 12.4. The van der Waals surface area contributed by atoms with Gasteiger partial charge in [-0.05, 0) is 36.8 Å². The molecule has 2 aromatic heterocycles. The van der Waals surface area contributed by atoms with Crippen molar-refractivity contribution in [2.45, 2.75) is 26.3 Å². The number of rotatable bonds is 5. The maximum atomic E-state index is 12.4. The van der Waals surface area contributed by atoms with Gasteiger partial charge < -0.3 is 4.57 Å². The van der Waals surface area contributed by atoms with Crippen LogP contribution in [0.4, 0.5) is 0 Å². The monoisotopic (exact) mass is 372 g/mol. The standard InChI is InChI=1S/C20H18Cl2N2O/c1-14-16(13-17-18(21)6-4-7-19(17)22)20(25)9-12-24(14)11-8-15-5-2-3-10-23-15/h2-7,9-10,12H,8,11,13H2,1H3. The maximum Gasteiger partial charge on any atom is 0.185 e. The number of pyridine rings is 2. The van der Waals surface area contributed by atoms with Gasteiger partial charge in [0.1, 0.15) is 0 Å². The van der Waals surface area contributed by atoms with E-state index < -0.39 is 0 Å². The molecule has 3 rings (SSSR count). The van der Waals surface area contributed by atoms with Gasteiger partial charge in [-0.2, -0.15) is 0 Å². The first kappa shape index (κ1) is 17.7. The minimum Gasteiger partial charge on any atom is -0.351 e. The second kappa shape index (κ2) is 7.85. The van der Waals surface area contributed by atoms with E-state index in [0.717, 1.165) is 35.5 Å². The third-order valence-electron chi connectivity index (χ3n) is 4.32. The highest BCUT2D eigenvalue weighted by Crippen LogP contribution is 2.26. The number of aromatic nitrogens is 2. The molecule has 2 heterocycles. The summed E-state index contributed by atoms with van der Waals surface area (Å²) in [6, 6.07) is 12.9. The van der Waals surface area contributed by atoms with Crippen LogP contribution in [0.1, 0.15) is 22.5 Å². The third-order valence-corrected chi connectivity index (χ3v) is 5.03. The molecule has 0 fully saturated rings. The fourth-order valence-corrected chi connectivity index (χ4v) is 3.37. The van der Waals surface area contributed by atoms with E-state index in [0.29, 0.717) is 16.5 Å². The van der Waals surface area contributed by atoms with Gasteiger partial charge in [-0.3, -0.25) is 9.78 Å². The molecule has 25 heavy (non-hydrogen) atoms. The predicted molar refractivity (Wildman–Crippen MR) is 103 cm³/mol. The predicted octanol–water partition coefficient (Wildman–Crippen LogP) is 4.69. The van der Waals surface area contributed by atoms with Crippen molar-refractivity contribution in [3.05, 3.63) is 97.6 Å². The lowest BCUT2D eigenvalue weighted by atomic mass is 10.0. The van der Waals surface area contributed by atoms with Crippen LogP contribution in [0.15, 0.2) is 59.7 Å². The molecule has 0 saturated heterocycles. The van der Waals surface area contributed by atoms with E-state index in [4.69, 9.17) is 23.2 Å². The summed E-state index contributed by atoms with van der Waals surface area (Å²) < 4.78 is 2.08. The summed E-state index contributed by atoms with van der Waals surface area (Å²) in [6.07, 6.45) is 4.85. The van der Waals surface area contributed by atoms with Crippen LogP contribution in [-0.2, 0) is 19.4 Å². The van der Waals surface area contributed by atoms with Crippen molar-refractivity contribution in [3.8, 4) is 0 Å². The molecule has 0 N–H and O–H groups in total. The van der Waals surface area contributed by atoms with E-state index in [9.17, 15) is 4.79 Å². The smallest absolute Gasteiger partial charge is 0.185 e. The van der Waals surface area contributed by atoms with Crippen LogP contribution in [0.3, 0.4) is 0 Å². The average molecular weight is 373 g/mol. The molecule has 0 unspecified atom stereocenters. The second-order valence-corrected chi connectivity index (χ2v) is 6.70. The topological polar surface area (TPSA) is 34.9 Å². The van der Waals surface area contributed by atoms with Crippen LogP contribution in [0.2, 0.25) is 10.0 Å². The van der Waals surface area contributed by atoms with Gasteiger partial charge in [-0.1, -0.05) is 35.3 Å². The summed E-state index contributed by atoms with van der Waals surface area (Å²) in [5.41, 5.74) is 3.46. The lowest BCUT2D eigenvalue weighted by Crippen LogP contribution is -2.18. The van der Waals surface area contributed by atoms with Gasteiger partial charge in [0.25, 0.3) is 0 Å². The first-order valence-electron chi connectivity index (χ1n) is 8.08. The van der Waals surface area contributed by atoms with Gasteiger partial charge >= 0.3 is 0 Å². The summed E-state index contributed by atoms with van der Waals surface area (Å²) in [4.78, 5) is 16.7. The van der Waals surface area contributed by atoms with E-state index in [1.165, 1.54) is 0 Å². The van der Waals surface area contributed by atoms with Gasteiger partial charge in [-0.15, -0.1) is 0 Å². The number of hydrogen-bond donors (Lipinski definition) is 0. The Kier molecular flexibility index (Phi) is 5.57. The summed E-state index contributed by atoms with van der Waals surface area (Å²) in [5, 5.41) is 1.16. The molecule has 0 spiro atoms. The normalized spacial score (nSPS) is 10.8. The first-order valence-corrected chi connectivity index (χ1v) is 8.83. The van der Waals surface area contributed by atoms with E-state index >= 15 is 0 Å². The molecule has 3 nitrogen and oxygen atoms in total. The van der Waals surface area contributed by atoms with Crippen LogP contribution in [0.25, 0.3) is 0 Å². The summed E-state index contributed by atoms with van der Waals surface area (Å²) in [5.74, 6) is 0. The highest BCUT2D eigenvalue weighted by atomic mass is 35.5. The largest absolute Gasteiger partial charge is 0.351 e. The van der Waals surface area contributed by atoms with Crippen molar-refractivity contribution >= 4 is 23.2 Å². The first-order chi connectivity index (χ1) is 12.1. The Balaban J connectivity index is 1.89. The molecule has 3 aromatic rings. The molecule has 1 aromatic carbocycles. The molecule has 0 bridgehead atoms. The van der Waals surface area contributed by atoms with E-state index in [1.807, 2.05) is 31.3 Å². The van der Waals surface area contributed by atoms with E-state index in [1.54, 1.807) is 30.5 Å². The summed E-state index contributed by atoms with van der Waals surface area (Å²) >= 11 is 12.5. The van der Waals surface area contributed by atoms with Crippen LogP contribution < -0.4 is 5.43 Å². The number of nitrogens with zero attached hydrogens (tertiary/aromatic N) is 2. The molecular formula is C20H18Cl2N2O. The molecular weight excluding hydrogens is 355 g/mol. The average Bonchev–Trinajstić information content (AvgIpc) is 2.61. The van der Waals surface area contributed by atoms with Crippen molar-refractivity contribution in [2.24, 2.45) is 0 Å².